The van der Waals surface area contributed by atoms with E-state index in [4.69, 9.17) is 4.74 Å². The van der Waals surface area contributed by atoms with Crippen LogP contribution >= 0.6 is 0 Å². The number of aromatic nitrogens is 3. The fraction of sp³-hybridized carbons (Fsp3) is 0.0800. The van der Waals surface area contributed by atoms with E-state index in [1.807, 2.05) is 0 Å². The molecule has 0 bridgehead atoms. The Morgan fingerprint density at radius 2 is 1.24 bits per heavy atom. The minimum Gasteiger partial charge on any atom is -0.507 e. The first-order valence-corrected chi connectivity index (χ1v) is 10.1. The third-order valence-electron chi connectivity index (χ3n) is 4.98. The van der Waals surface area contributed by atoms with Gasteiger partial charge in [0.1, 0.15) is 11.5 Å². The molecule has 9 nitrogen and oxygen atoms in total. The number of hydrogen-bond acceptors (Lipinski definition) is 9. The van der Waals surface area contributed by atoms with Crippen molar-refractivity contribution >= 4 is 11.9 Å². The number of hydrogen-bond donors (Lipinski definition) is 2. The Kier molecular flexibility index (Phi) is 6.18. The Labute approximate surface area is 194 Å². The van der Waals surface area contributed by atoms with Crippen LogP contribution in [0.4, 0.5) is 0 Å². The summed E-state index contributed by atoms with van der Waals surface area (Å²) < 4.78 is 9.48. The summed E-state index contributed by atoms with van der Waals surface area (Å²) in [7, 11) is 2.53. The SMILES string of the molecule is COC(=O)c1cccc(-c2nc(-c3ccccc3O)nc(-c3ccc(C(=O)OC)cc3O)n2)c1. The van der Waals surface area contributed by atoms with Gasteiger partial charge in [0, 0.05) is 5.56 Å². The van der Waals surface area contributed by atoms with Gasteiger partial charge >= 0.3 is 11.9 Å². The summed E-state index contributed by atoms with van der Waals surface area (Å²) in [5.74, 6) is -0.962. The van der Waals surface area contributed by atoms with Gasteiger partial charge in [-0.2, -0.15) is 0 Å². The lowest BCUT2D eigenvalue weighted by Gasteiger charge is -2.11. The Morgan fingerprint density at radius 3 is 1.85 bits per heavy atom. The second-order valence-corrected chi connectivity index (χ2v) is 7.12. The van der Waals surface area contributed by atoms with Gasteiger partial charge in [-0.05, 0) is 42.5 Å². The van der Waals surface area contributed by atoms with Crippen molar-refractivity contribution in [2.24, 2.45) is 0 Å². The van der Waals surface area contributed by atoms with Gasteiger partial charge in [-0.15, -0.1) is 0 Å². The molecule has 0 saturated carbocycles. The molecule has 0 spiro atoms. The predicted octanol–water partition coefficient (Wildman–Crippen LogP) is 3.86. The van der Waals surface area contributed by atoms with Crippen LogP contribution in [0.2, 0.25) is 0 Å². The lowest BCUT2D eigenvalue weighted by Crippen LogP contribution is -2.04. The first kappa shape index (κ1) is 22.4. The van der Waals surface area contributed by atoms with E-state index in [1.165, 1.54) is 38.5 Å². The van der Waals surface area contributed by atoms with Crippen LogP contribution in [-0.4, -0.2) is 51.3 Å². The van der Waals surface area contributed by atoms with Crippen LogP contribution in [0.1, 0.15) is 20.7 Å². The van der Waals surface area contributed by atoms with Crippen LogP contribution in [0.25, 0.3) is 34.2 Å². The highest BCUT2D eigenvalue weighted by atomic mass is 16.5. The second-order valence-electron chi connectivity index (χ2n) is 7.12. The Morgan fingerprint density at radius 1 is 0.647 bits per heavy atom. The third kappa shape index (κ3) is 4.40. The number of methoxy groups -OCH3 is 2. The maximum absolute atomic E-state index is 12.0. The molecule has 2 N–H and O–H groups in total. The number of esters is 2. The third-order valence-corrected chi connectivity index (χ3v) is 4.98. The summed E-state index contributed by atoms with van der Waals surface area (Å²) in [6.07, 6.45) is 0. The van der Waals surface area contributed by atoms with Gasteiger partial charge < -0.3 is 19.7 Å². The van der Waals surface area contributed by atoms with Crippen LogP contribution < -0.4 is 0 Å². The van der Waals surface area contributed by atoms with E-state index >= 15 is 0 Å². The molecule has 0 unspecified atom stereocenters. The molecular formula is C25H19N3O6. The van der Waals surface area contributed by atoms with Gasteiger partial charge in [0.2, 0.25) is 0 Å². The van der Waals surface area contributed by atoms with Crippen molar-refractivity contribution in [3.05, 3.63) is 77.9 Å². The quantitative estimate of drug-likeness (QED) is 0.429. The van der Waals surface area contributed by atoms with E-state index in [0.29, 0.717) is 16.7 Å². The van der Waals surface area contributed by atoms with Gasteiger partial charge in [-0.3, -0.25) is 0 Å². The van der Waals surface area contributed by atoms with Crippen LogP contribution in [0.5, 0.6) is 11.5 Å². The molecule has 0 aliphatic carbocycles. The monoisotopic (exact) mass is 457 g/mol. The van der Waals surface area contributed by atoms with Gasteiger partial charge in [0.05, 0.1) is 36.5 Å². The maximum atomic E-state index is 12.0. The molecule has 4 rings (SSSR count). The zero-order chi connectivity index (χ0) is 24.2. The highest BCUT2D eigenvalue weighted by Gasteiger charge is 2.18. The normalized spacial score (nSPS) is 10.5. The summed E-state index contributed by atoms with van der Waals surface area (Å²) in [4.78, 5) is 37.2. The molecule has 0 amide bonds. The zero-order valence-electron chi connectivity index (χ0n) is 18.2. The Balaban J connectivity index is 1.91. The number of para-hydroxylation sites is 1. The van der Waals surface area contributed by atoms with Crippen molar-refractivity contribution in [2.45, 2.75) is 0 Å². The number of phenols is 2. The molecule has 34 heavy (non-hydrogen) atoms. The molecule has 1 heterocycles. The van der Waals surface area contributed by atoms with Crippen LogP contribution in [0, 0.1) is 0 Å². The van der Waals surface area contributed by atoms with Gasteiger partial charge in [0.25, 0.3) is 0 Å². The highest BCUT2D eigenvalue weighted by Crippen LogP contribution is 2.33. The van der Waals surface area contributed by atoms with Crippen molar-refractivity contribution < 1.29 is 29.3 Å². The number of nitrogens with zero attached hydrogens (tertiary/aromatic N) is 3. The topological polar surface area (TPSA) is 132 Å². The Bertz CT molecular complexity index is 1400. The van der Waals surface area contributed by atoms with Crippen LogP contribution in [-0.2, 0) is 9.47 Å². The van der Waals surface area contributed by atoms with Gasteiger partial charge in [-0.25, -0.2) is 24.5 Å². The fourth-order valence-corrected chi connectivity index (χ4v) is 3.28. The molecule has 0 fully saturated rings. The van der Waals surface area contributed by atoms with E-state index in [0.717, 1.165) is 0 Å². The number of carbonyl (C=O) groups is 2. The molecule has 9 heteroatoms. The molecule has 0 atom stereocenters. The number of carbonyl (C=O) groups excluding carboxylic acids is 2. The number of aromatic hydroxyl groups is 2. The highest BCUT2D eigenvalue weighted by molar-refractivity contribution is 5.91. The summed E-state index contributed by atoms with van der Waals surface area (Å²) in [6.45, 7) is 0. The van der Waals surface area contributed by atoms with Crippen LogP contribution in [0.3, 0.4) is 0 Å². The molecule has 3 aromatic carbocycles. The van der Waals surface area contributed by atoms with E-state index < -0.39 is 11.9 Å². The molecule has 4 aromatic rings. The number of rotatable bonds is 5. The average Bonchev–Trinajstić information content (AvgIpc) is 2.87. The van der Waals surface area contributed by atoms with E-state index in [-0.39, 0.29) is 40.1 Å². The lowest BCUT2D eigenvalue weighted by molar-refractivity contribution is 0.0591. The van der Waals surface area contributed by atoms with Crippen molar-refractivity contribution in [3.63, 3.8) is 0 Å². The number of ether oxygens (including phenoxy) is 2. The van der Waals surface area contributed by atoms with Crippen molar-refractivity contribution in [1.29, 1.82) is 0 Å². The maximum Gasteiger partial charge on any atom is 0.337 e. The van der Waals surface area contributed by atoms with Crippen molar-refractivity contribution in [3.8, 4) is 45.7 Å². The van der Waals surface area contributed by atoms with E-state index in [1.54, 1.807) is 42.5 Å². The second kappa shape index (κ2) is 9.37. The summed E-state index contributed by atoms with van der Waals surface area (Å²) in [6, 6.07) is 17.3. The molecule has 0 aliphatic heterocycles. The van der Waals surface area contributed by atoms with Gasteiger partial charge in [-0.1, -0.05) is 24.3 Å². The van der Waals surface area contributed by atoms with Crippen LogP contribution in [0.15, 0.2) is 66.7 Å². The average molecular weight is 457 g/mol. The minimum absolute atomic E-state index is 0.0424. The molecule has 0 saturated heterocycles. The zero-order valence-corrected chi connectivity index (χ0v) is 18.2. The number of phenolic OH excluding ortho intramolecular Hbond substituents is 2. The van der Waals surface area contributed by atoms with Crippen molar-refractivity contribution in [2.75, 3.05) is 14.2 Å². The smallest absolute Gasteiger partial charge is 0.337 e. The van der Waals surface area contributed by atoms with E-state index in [9.17, 15) is 19.8 Å². The first-order chi connectivity index (χ1) is 16.4. The standard InChI is InChI=1S/C25H19N3O6/c1-33-24(31)15-7-5-6-14(12-15)21-26-22(17-8-3-4-9-19(17)29)28-23(27-21)18-11-10-16(13-20(18)30)25(32)34-2/h3-13,29-30H,1-2H3. The van der Waals surface area contributed by atoms with Gasteiger partial charge in [0.15, 0.2) is 17.5 Å². The molecule has 1 aromatic heterocycles. The minimum atomic E-state index is -0.604. The summed E-state index contributed by atoms with van der Waals surface area (Å²) in [5, 5.41) is 20.9. The first-order valence-electron chi connectivity index (χ1n) is 10.1. The molecule has 170 valence electrons. The van der Waals surface area contributed by atoms with E-state index in [2.05, 4.69) is 19.7 Å². The summed E-state index contributed by atoms with van der Waals surface area (Å²) >= 11 is 0. The predicted molar refractivity (Wildman–Crippen MR) is 122 cm³/mol. The molecule has 0 aliphatic rings. The lowest BCUT2D eigenvalue weighted by atomic mass is 10.1. The van der Waals surface area contributed by atoms with Crippen molar-refractivity contribution in [1.82, 2.24) is 15.0 Å². The number of benzene rings is 3. The summed E-state index contributed by atoms with van der Waals surface area (Å²) in [5.41, 5.74) is 1.54. The fourth-order valence-electron chi connectivity index (χ4n) is 3.28. The molecular weight excluding hydrogens is 438 g/mol. The Hall–Kier alpha value is -4.79. The molecule has 0 radical (unpaired) electrons. The largest absolute Gasteiger partial charge is 0.507 e.